The van der Waals surface area contributed by atoms with Gasteiger partial charge in [0.1, 0.15) is 17.6 Å². The van der Waals surface area contributed by atoms with Crippen LogP contribution in [0.5, 0.6) is 0 Å². The third-order valence-corrected chi connectivity index (χ3v) is 14.7. The molecule has 5 rings (SSSR count). The minimum Gasteiger partial charge on any atom is -0.466 e. The molecule has 8 atom stereocenters. The lowest BCUT2D eigenvalue weighted by Gasteiger charge is -2.58. The van der Waals surface area contributed by atoms with E-state index in [1.807, 2.05) is 0 Å². The Morgan fingerprint density at radius 2 is 1.63 bits per heavy atom. The lowest BCUT2D eigenvalue weighted by molar-refractivity contribution is -0.151. The van der Waals surface area contributed by atoms with E-state index in [0.29, 0.717) is 17.3 Å². The summed E-state index contributed by atoms with van der Waals surface area (Å²) in [5, 5.41) is 0. The SMILES string of the molecule is CCCCCc1cc(C)c(CCCCCCCCC(=O)OC2CCC3(C)C(=CCC4C3CCC3(C)C(C(C)CCCC(C)C)CCC43)C2)o1. The average Bonchev–Trinajstić information content (AvgIpc) is 3.60. The Balaban J connectivity index is 0.991. The van der Waals surface area contributed by atoms with Crippen molar-refractivity contribution >= 4 is 5.97 Å². The van der Waals surface area contributed by atoms with Gasteiger partial charge in [-0.05, 0) is 129 Å². The number of fused-ring (bicyclic) bond motifs is 5. The number of carbonyl (C=O) groups excluding carboxylic acids is 1. The first-order chi connectivity index (χ1) is 23.5. The minimum absolute atomic E-state index is 0.0406. The fourth-order valence-corrected chi connectivity index (χ4v) is 11.8. The van der Waals surface area contributed by atoms with Crippen LogP contribution in [0.15, 0.2) is 22.1 Å². The number of ether oxygens (including phenoxy) is 1. The summed E-state index contributed by atoms with van der Waals surface area (Å²) in [5.41, 5.74) is 3.83. The molecule has 1 aromatic heterocycles. The van der Waals surface area contributed by atoms with Gasteiger partial charge in [-0.3, -0.25) is 4.79 Å². The fraction of sp³-hybridized carbons (Fsp3) is 0.848. The molecule has 278 valence electrons. The summed E-state index contributed by atoms with van der Waals surface area (Å²) in [6.07, 6.45) is 30.7. The third kappa shape index (κ3) is 9.49. The van der Waals surface area contributed by atoms with Gasteiger partial charge in [0.2, 0.25) is 0 Å². The van der Waals surface area contributed by atoms with E-state index >= 15 is 0 Å². The Morgan fingerprint density at radius 1 is 0.878 bits per heavy atom. The van der Waals surface area contributed by atoms with Crippen molar-refractivity contribution in [3.05, 3.63) is 34.8 Å². The van der Waals surface area contributed by atoms with E-state index in [-0.39, 0.29) is 12.1 Å². The van der Waals surface area contributed by atoms with Crippen LogP contribution in [0.4, 0.5) is 0 Å². The third-order valence-electron chi connectivity index (χ3n) is 14.7. The summed E-state index contributed by atoms with van der Waals surface area (Å²) < 4.78 is 12.3. The van der Waals surface area contributed by atoms with E-state index in [2.05, 4.69) is 60.6 Å². The zero-order chi connectivity index (χ0) is 35.0. The molecule has 8 unspecified atom stereocenters. The first kappa shape index (κ1) is 38.7. The number of rotatable bonds is 19. The lowest BCUT2D eigenvalue weighted by atomic mass is 9.47. The molecular formula is C46H76O3. The molecule has 1 heterocycles. The van der Waals surface area contributed by atoms with Crippen LogP contribution in [0.2, 0.25) is 0 Å². The van der Waals surface area contributed by atoms with Crippen LogP contribution in [0.1, 0.15) is 193 Å². The zero-order valence-electron chi connectivity index (χ0n) is 33.2. The van der Waals surface area contributed by atoms with Gasteiger partial charge in [-0.2, -0.15) is 0 Å². The fourth-order valence-electron chi connectivity index (χ4n) is 11.8. The monoisotopic (exact) mass is 677 g/mol. The van der Waals surface area contributed by atoms with Crippen LogP contribution in [0.3, 0.4) is 0 Å². The topological polar surface area (TPSA) is 39.4 Å². The summed E-state index contributed by atoms with van der Waals surface area (Å²) in [6.45, 7) is 17.1. The number of hydrogen-bond donors (Lipinski definition) is 0. The van der Waals surface area contributed by atoms with Gasteiger partial charge in [-0.25, -0.2) is 0 Å². The van der Waals surface area contributed by atoms with E-state index in [4.69, 9.17) is 9.15 Å². The molecule has 0 aliphatic heterocycles. The summed E-state index contributed by atoms with van der Waals surface area (Å²) >= 11 is 0. The van der Waals surface area contributed by atoms with Crippen LogP contribution in [-0.2, 0) is 22.4 Å². The molecular weight excluding hydrogens is 601 g/mol. The Labute approximate surface area is 302 Å². The van der Waals surface area contributed by atoms with Crippen LogP contribution in [0.25, 0.3) is 0 Å². The van der Waals surface area contributed by atoms with Crippen LogP contribution < -0.4 is 0 Å². The van der Waals surface area contributed by atoms with E-state index in [1.54, 1.807) is 5.57 Å². The van der Waals surface area contributed by atoms with E-state index in [0.717, 1.165) is 74.0 Å². The predicted molar refractivity (Wildman–Crippen MR) is 206 cm³/mol. The zero-order valence-corrected chi connectivity index (χ0v) is 33.2. The normalized spacial score (nSPS) is 31.6. The van der Waals surface area contributed by atoms with Gasteiger partial charge in [-0.1, -0.05) is 111 Å². The minimum atomic E-state index is 0.0406. The van der Waals surface area contributed by atoms with Crippen molar-refractivity contribution in [3.63, 3.8) is 0 Å². The number of esters is 1. The van der Waals surface area contributed by atoms with Crippen LogP contribution >= 0.6 is 0 Å². The molecule has 0 aromatic carbocycles. The molecule has 0 amide bonds. The first-order valence-corrected chi connectivity index (χ1v) is 21.5. The van der Waals surface area contributed by atoms with E-state index in [1.165, 1.54) is 120 Å². The van der Waals surface area contributed by atoms with Gasteiger partial charge < -0.3 is 9.15 Å². The van der Waals surface area contributed by atoms with Crippen molar-refractivity contribution in [3.8, 4) is 0 Å². The summed E-state index contributed by atoms with van der Waals surface area (Å²) in [5.74, 6) is 7.63. The molecule has 0 radical (unpaired) electrons. The van der Waals surface area contributed by atoms with Crippen LogP contribution in [-0.4, -0.2) is 12.1 Å². The van der Waals surface area contributed by atoms with Crippen molar-refractivity contribution in [2.45, 2.75) is 202 Å². The second-order valence-electron chi connectivity index (χ2n) is 18.5. The average molecular weight is 677 g/mol. The quantitative estimate of drug-likeness (QED) is 0.0831. The Kier molecular flexibility index (Phi) is 14.1. The number of carbonyl (C=O) groups is 1. The number of hydrogen-bond acceptors (Lipinski definition) is 3. The van der Waals surface area contributed by atoms with Gasteiger partial charge >= 0.3 is 5.97 Å². The highest BCUT2D eigenvalue weighted by Gasteiger charge is 2.59. The molecule has 3 fully saturated rings. The number of aryl methyl sites for hydroxylation is 3. The first-order valence-electron chi connectivity index (χ1n) is 21.5. The highest BCUT2D eigenvalue weighted by molar-refractivity contribution is 5.69. The molecule has 3 heteroatoms. The Hall–Kier alpha value is -1.51. The number of allylic oxidation sites excluding steroid dienone is 1. The van der Waals surface area contributed by atoms with E-state index in [9.17, 15) is 4.79 Å². The molecule has 49 heavy (non-hydrogen) atoms. The molecule has 4 aliphatic rings. The Bertz CT molecular complexity index is 1210. The van der Waals surface area contributed by atoms with Gasteiger partial charge in [0.05, 0.1) is 0 Å². The van der Waals surface area contributed by atoms with Gasteiger partial charge in [0, 0.05) is 25.7 Å². The number of unbranched alkanes of at least 4 members (excludes halogenated alkanes) is 7. The maximum Gasteiger partial charge on any atom is 0.306 e. The smallest absolute Gasteiger partial charge is 0.306 e. The van der Waals surface area contributed by atoms with Crippen molar-refractivity contribution in [1.82, 2.24) is 0 Å². The second-order valence-corrected chi connectivity index (χ2v) is 18.5. The largest absolute Gasteiger partial charge is 0.466 e. The van der Waals surface area contributed by atoms with Gasteiger partial charge in [0.25, 0.3) is 0 Å². The molecule has 0 spiro atoms. The standard InChI is InChI=1S/C46H76O3/c1-8-9-14-20-37-31-35(5)43(48-37)21-15-12-10-11-13-16-22-44(47)49-38-27-29-45(6)36(32-38)23-24-39-41-26-25-40(34(4)19-17-18-33(2)3)46(41,7)30-28-42(39)45/h23,31,33-34,38-42H,8-22,24-30,32H2,1-7H3. The molecule has 4 aliphatic carbocycles. The van der Waals surface area contributed by atoms with Crippen molar-refractivity contribution < 1.29 is 13.9 Å². The maximum atomic E-state index is 12.9. The highest BCUT2D eigenvalue weighted by Crippen LogP contribution is 2.67. The Morgan fingerprint density at radius 3 is 2.41 bits per heavy atom. The van der Waals surface area contributed by atoms with Gasteiger partial charge in [-0.15, -0.1) is 0 Å². The van der Waals surface area contributed by atoms with E-state index < -0.39 is 0 Å². The van der Waals surface area contributed by atoms with Crippen molar-refractivity contribution in [1.29, 1.82) is 0 Å². The van der Waals surface area contributed by atoms with Gasteiger partial charge in [0.15, 0.2) is 0 Å². The highest BCUT2D eigenvalue weighted by atomic mass is 16.5. The molecule has 0 saturated heterocycles. The lowest BCUT2D eigenvalue weighted by Crippen LogP contribution is -2.51. The molecule has 3 nitrogen and oxygen atoms in total. The molecule has 0 N–H and O–H groups in total. The second kappa shape index (κ2) is 17.8. The molecule has 3 saturated carbocycles. The molecule has 0 bridgehead atoms. The van der Waals surface area contributed by atoms with Crippen molar-refractivity contribution in [2.24, 2.45) is 46.3 Å². The predicted octanol–water partition coefficient (Wildman–Crippen LogP) is 13.5. The van der Waals surface area contributed by atoms with Crippen molar-refractivity contribution in [2.75, 3.05) is 0 Å². The maximum absolute atomic E-state index is 12.9. The summed E-state index contributed by atoms with van der Waals surface area (Å²) in [6, 6.07) is 2.25. The summed E-state index contributed by atoms with van der Waals surface area (Å²) in [7, 11) is 0. The number of furan rings is 1. The molecule has 1 aromatic rings. The van der Waals surface area contributed by atoms with Crippen LogP contribution in [0, 0.1) is 53.3 Å². The summed E-state index contributed by atoms with van der Waals surface area (Å²) in [4.78, 5) is 12.9.